The van der Waals surface area contributed by atoms with Crippen molar-refractivity contribution in [2.45, 2.75) is 24.7 Å². The van der Waals surface area contributed by atoms with Crippen LogP contribution in [-0.4, -0.2) is 33.1 Å². The molecule has 1 aromatic heterocycles. The Morgan fingerprint density at radius 3 is 2.73 bits per heavy atom. The number of ether oxygens (including phenoxy) is 1. The Hall–Kier alpha value is -2.38. The van der Waals surface area contributed by atoms with Crippen molar-refractivity contribution in [3.8, 4) is 5.75 Å². The lowest BCUT2D eigenvalue weighted by molar-refractivity contribution is 0.123. The van der Waals surface area contributed by atoms with Gasteiger partial charge in [0.15, 0.2) is 16.7 Å². The molecule has 7 heteroatoms. The highest BCUT2D eigenvalue weighted by molar-refractivity contribution is 7.99. The van der Waals surface area contributed by atoms with Crippen LogP contribution in [0.1, 0.15) is 6.92 Å². The molecule has 0 saturated carbocycles. The molecular formula is C19H19FN2O3S. The number of fused-ring (bicyclic) bond motifs is 1. The van der Waals surface area contributed by atoms with E-state index in [1.54, 1.807) is 28.8 Å². The minimum absolute atomic E-state index is 0.0438. The molecule has 0 unspecified atom stereocenters. The minimum atomic E-state index is -0.826. The normalized spacial score (nSPS) is 12.3. The predicted molar refractivity (Wildman–Crippen MR) is 100 cm³/mol. The molecule has 0 spiro atoms. The molecule has 136 valence electrons. The fourth-order valence-corrected chi connectivity index (χ4v) is 3.47. The number of rotatable bonds is 7. The highest BCUT2D eigenvalue weighted by Crippen LogP contribution is 2.20. The lowest BCUT2D eigenvalue weighted by Gasteiger charge is -2.14. The first kappa shape index (κ1) is 18.4. The van der Waals surface area contributed by atoms with Gasteiger partial charge in [0.05, 0.1) is 17.0 Å². The monoisotopic (exact) mass is 374 g/mol. The first-order chi connectivity index (χ1) is 12.6. The van der Waals surface area contributed by atoms with Gasteiger partial charge in [-0.05, 0) is 31.2 Å². The van der Waals surface area contributed by atoms with Gasteiger partial charge >= 0.3 is 0 Å². The van der Waals surface area contributed by atoms with E-state index in [2.05, 4.69) is 4.98 Å². The summed E-state index contributed by atoms with van der Waals surface area (Å²) in [5, 5.41) is 11.2. The second kappa shape index (κ2) is 8.33. The number of hydrogen-bond donors (Lipinski definition) is 1. The van der Waals surface area contributed by atoms with E-state index >= 15 is 0 Å². The van der Waals surface area contributed by atoms with Crippen LogP contribution in [-0.2, 0) is 6.54 Å². The number of halogens is 1. The van der Waals surface area contributed by atoms with Gasteiger partial charge in [-0.15, -0.1) is 0 Å². The third-order valence-corrected chi connectivity index (χ3v) is 4.94. The van der Waals surface area contributed by atoms with E-state index in [0.717, 1.165) is 0 Å². The van der Waals surface area contributed by atoms with Crippen LogP contribution >= 0.6 is 11.8 Å². The summed E-state index contributed by atoms with van der Waals surface area (Å²) in [4.78, 5) is 17.1. The predicted octanol–water partition coefficient (Wildman–Crippen LogP) is 3.09. The molecule has 0 bridgehead atoms. The highest BCUT2D eigenvalue weighted by atomic mass is 32.2. The third-order valence-electron chi connectivity index (χ3n) is 3.82. The summed E-state index contributed by atoms with van der Waals surface area (Å²) in [5.41, 5.74) is 0.527. The Labute approximate surface area is 154 Å². The average Bonchev–Trinajstić information content (AvgIpc) is 2.66. The maximum atomic E-state index is 13.5. The molecule has 3 rings (SSSR count). The maximum absolute atomic E-state index is 13.5. The Balaban J connectivity index is 1.69. The number of para-hydroxylation sites is 2. The quantitative estimate of drug-likeness (QED) is 0.509. The molecule has 3 aromatic rings. The number of nitrogens with zero attached hydrogens (tertiary/aromatic N) is 2. The van der Waals surface area contributed by atoms with Crippen molar-refractivity contribution in [1.29, 1.82) is 0 Å². The standard InChI is InChI=1S/C19H19FN2O3S/c1-2-22-18(24)14-7-3-5-9-16(14)21-19(22)26-12-13(23)11-25-17-10-6-4-8-15(17)20/h3-10,13,23H,2,11-12H2,1H3/t13-/m0/s1. The van der Waals surface area contributed by atoms with Crippen molar-refractivity contribution in [2.24, 2.45) is 0 Å². The van der Waals surface area contributed by atoms with Gasteiger partial charge in [-0.25, -0.2) is 9.37 Å². The van der Waals surface area contributed by atoms with Crippen molar-refractivity contribution < 1.29 is 14.2 Å². The summed E-state index contributed by atoms with van der Waals surface area (Å²) in [6.07, 6.45) is -0.826. The van der Waals surface area contributed by atoms with E-state index in [9.17, 15) is 14.3 Å². The van der Waals surface area contributed by atoms with Gasteiger partial charge in [-0.1, -0.05) is 36.0 Å². The zero-order chi connectivity index (χ0) is 18.5. The molecule has 0 aliphatic rings. The Morgan fingerprint density at radius 2 is 1.96 bits per heavy atom. The highest BCUT2D eigenvalue weighted by Gasteiger charge is 2.13. The molecule has 1 atom stereocenters. The maximum Gasteiger partial charge on any atom is 0.262 e. The van der Waals surface area contributed by atoms with Gasteiger partial charge in [0, 0.05) is 12.3 Å². The fraction of sp³-hybridized carbons (Fsp3) is 0.263. The lowest BCUT2D eigenvalue weighted by atomic mass is 10.2. The van der Waals surface area contributed by atoms with Crippen molar-refractivity contribution in [1.82, 2.24) is 9.55 Å². The van der Waals surface area contributed by atoms with E-state index in [0.29, 0.717) is 22.6 Å². The molecule has 2 aromatic carbocycles. The molecule has 0 saturated heterocycles. The van der Waals surface area contributed by atoms with Crippen LogP contribution in [0.15, 0.2) is 58.5 Å². The Bertz CT molecular complexity index is 961. The zero-order valence-electron chi connectivity index (χ0n) is 14.3. The average molecular weight is 374 g/mol. The van der Waals surface area contributed by atoms with Crippen LogP contribution in [0.3, 0.4) is 0 Å². The molecule has 1 heterocycles. The van der Waals surface area contributed by atoms with Crippen molar-refractivity contribution >= 4 is 22.7 Å². The first-order valence-electron chi connectivity index (χ1n) is 8.28. The molecule has 0 fully saturated rings. The molecular weight excluding hydrogens is 355 g/mol. The molecule has 26 heavy (non-hydrogen) atoms. The van der Waals surface area contributed by atoms with Gasteiger partial charge < -0.3 is 9.84 Å². The fourth-order valence-electron chi connectivity index (χ4n) is 2.50. The summed E-state index contributed by atoms with van der Waals surface area (Å²) in [6, 6.07) is 13.2. The van der Waals surface area contributed by atoms with Crippen molar-refractivity contribution in [2.75, 3.05) is 12.4 Å². The lowest BCUT2D eigenvalue weighted by Crippen LogP contribution is -2.24. The molecule has 5 nitrogen and oxygen atoms in total. The number of aromatic nitrogens is 2. The number of aliphatic hydroxyl groups excluding tert-OH is 1. The minimum Gasteiger partial charge on any atom is -0.488 e. The SMILES string of the molecule is CCn1c(SC[C@@H](O)COc2ccccc2F)nc2ccccc2c1=O. The Morgan fingerprint density at radius 1 is 1.23 bits per heavy atom. The van der Waals surface area contributed by atoms with Crippen LogP contribution in [0.5, 0.6) is 5.75 Å². The largest absolute Gasteiger partial charge is 0.488 e. The van der Waals surface area contributed by atoms with Gasteiger partial charge in [-0.3, -0.25) is 9.36 Å². The molecule has 0 radical (unpaired) electrons. The number of aliphatic hydroxyl groups is 1. The second-order valence-electron chi connectivity index (χ2n) is 5.67. The Kier molecular flexibility index (Phi) is 5.90. The number of benzene rings is 2. The van der Waals surface area contributed by atoms with Crippen LogP contribution < -0.4 is 10.3 Å². The van der Waals surface area contributed by atoms with Crippen molar-refractivity contribution in [3.63, 3.8) is 0 Å². The van der Waals surface area contributed by atoms with Crippen LogP contribution in [0.25, 0.3) is 10.9 Å². The van der Waals surface area contributed by atoms with Crippen LogP contribution in [0.4, 0.5) is 4.39 Å². The van der Waals surface area contributed by atoms with E-state index in [1.807, 2.05) is 19.1 Å². The summed E-state index contributed by atoms with van der Waals surface area (Å²) in [7, 11) is 0. The number of thioether (sulfide) groups is 1. The van der Waals surface area contributed by atoms with Crippen LogP contribution in [0.2, 0.25) is 0 Å². The van der Waals surface area contributed by atoms with Gasteiger partial charge in [0.2, 0.25) is 0 Å². The summed E-state index contributed by atoms with van der Waals surface area (Å²) in [6.45, 7) is 2.32. The van der Waals surface area contributed by atoms with E-state index in [-0.39, 0.29) is 23.7 Å². The van der Waals surface area contributed by atoms with Gasteiger partial charge in [0.1, 0.15) is 6.61 Å². The van der Waals surface area contributed by atoms with Gasteiger partial charge in [-0.2, -0.15) is 0 Å². The van der Waals surface area contributed by atoms with Crippen LogP contribution in [0, 0.1) is 5.82 Å². The van der Waals surface area contributed by atoms with Gasteiger partial charge in [0.25, 0.3) is 5.56 Å². The number of hydrogen-bond acceptors (Lipinski definition) is 5. The zero-order valence-corrected chi connectivity index (χ0v) is 15.1. The van der Waals surface area contributed by atoms with Crippen molar-refractivity contribution in [3.05, 3.63) is 64.7 Å². The molecule has 0 aliphatic carbocycles. The topological polar surface area (TPSA) is 64.3 Å². The van der Waals surface area contributed by atoms with E-state index in [4.69, 9.17) is 4.74 Å². The molecule has 0 aliphatic heterocycles. The first-order valence-corrected chi connectivity index (χ1v) is 9.26. The summed E-state index contributed by atoms with van der Waals surface area (Å²) < 4.78 is 20.4. The summed E-state index contributed by atoms with van der Waals surface area (Å²) >= 11 is 1.28. The molecule has 1 N–H and O–H groups in total. The summed E-state index contributed by atoms with van der Waals surface area (Å²) in [5.74, 6) is -0.0894. The molecule has 0 amide bonds. The third kappa shape index (κ3) is 4.05. The smallest absolute Gasteiger partial charge is 0.262 e. The second-order valence-corrected chi connectivity index (χ2v) is 6.65. The van der Waals surface area contributed by atoms with E-state index in [1.165, 1.54) is 23.9 Å². The van der Waals surface area contributed by atoms with E-state index < -0.39 is 11.9 Å².